The number of aromatic nitrogens is 2. The van der Waals surface area contributed by atoms with Crippen LogP contribution in [0, 0.1) is 13.8 Å². The highest BCUT2D eigenvalue weighted by molar-refractivity contribution is 5.94. The second kappa shape index (κ2) is 7.02. The van der Waals surface area contributed by atoms with Crippen molar-refractivity contribution < 1.29 is 9.53 Å². The standard InChI is InChI=1S/C17H21N3O2/c1-12(2)20(15-8-6-5-7-9-15)17(21)11-22-16-10-13(3)14(4)18-19-16/h5-10,12H,11H2,1-4H3. The molecule has 1 aromatic heterocycles. The highest BCUT2D eigenvalue weighted by Gasteiger charge is 2.19. The van der Waals surface area contributed by atoms with Gasteiger partial charge in [-0.25, -0.2) is 0 Å². The lowest BCUT2D eigenvalue weighted by Gasteiger charge is -2.26. The van der Waals surface area contributed by atoms with Crippen LogP contribution in [-0.2, 0) is 4.79 Å². The summed E-state index contributed by atoms with van der Waals surface area (Å²) < 4.78 is 5.49. The van der Waals surface area contributed by atoms with Crippen LogP contribution >= 0.6 is 0 Å². The molecule has 0 spiro atoms. The Balaban J connectivity index is 2.07. The molecule has 1 aromatic carbocycles. The van der Waals surface area contributed by atoms with Crippen molar-refractivity contribution in [2.45, 2.75) is 33.7 Å². The van der Waals surface area contributed by atoms with E-state index in [1.807, 2.05) is 58.0 Å². The molecule has 2 aromatic rings. The fourth-order valence-electron chi connectivity index (χ4n) is 2.12. The van der Waals surface area contributed by atoms with Gasteiger partial charge in [-0.05, 0) is 45.4 Å². The van der Waals surface area contributed by atoms with E-state index in [0.29, 0.717) is 5.88 Å². The van der Waals surface area contributed by atoms with Crippen LogP contribution in [-0.4, -0.2) is 28.8 Å². The molecule has 22 heavy (non-hydrogen) atoms. The third-order valence-corrected chi connectivity index (χ3v) is 3.37. The quantitative estimate of drug-likeness (QED) is 0.852. The SMILES string of the molecule is Cc1cc(OCC(=O)N(c2ccccc2)C(C)C)nnc1C. The third kappa shape index (κ3) is 3.81. The number of hydrogen-bond donors (Lipinski definition) is 0. The summed E-state index contributed by atoms with van der Waals surface area (Å²) in [5.74, 6) is 0.259. The summed E-state index contributed by atoms with van der Waals surface area (Å²) in [6, 6.07) is 11.4. The van der Waals surface area contributed by atoms with E-state index in [0.717, 1.165) is 16.9 Å². The third-order valence-electron chi connectivity index (χ3n) is 3.37. The number of hydrogen-bond acceptors (Lipinski definition) is 4. The van der Waals surface area contributed by atoms with Crippen LogP contribution in [0.25, 0.3) is 0 Å². The number of ether oxygens (including phenoxy) is 1. The molecule has 0 aliphatic carbocycles. The fraction of sp³-hybridized carbons (Fsp3) is 0.353. The molecule has 0 saturated carbocycles. The summed E-state index contributed by atoms with van der Waals surface area (Å²) in [4.78, 5) is 14.2. The minimum absolute atomic E-state index is 0.0457. The van der Waals surface area contributed by atoms with Crippen molar-refractivity contribution in [3.63, 3.8) is 0 Å². The molecule has 0 N–H and O–H groups in total. The highest BCUT2D eigenvalue weighted by atomic mass is 16.5. The fourth-order valence-corrected chi connectivity index (χ4v) is 2.12. The van der Waals surface area contributed by atoms with Gasteiger partial charge in [0.15, 0.2) is 6.61 Å². The summed E-state index contributed by atoms with van der Waals surface area (Å²) in [5.41, 5.74) is 2.70. The zero-order chi connectivity index (χ0) is 16.1. The number of carbonyl (C=O) groups is 1. The van der Waals surface area contributed by atoms with Gasteiger partial charge in [0.25, 0.3) is 5.91 Å². The van der Waals surface area contributed by atoms with Crippen LogP contribution < -0.4 is 9.64 Å². The first-order valence-electron chi connectivity index (χ1n) is 7.30. The molecule has 116 valence electrons. The summed E-state index contributed by atoms with van der Waals surface area (Å²) in [7, 11) is 0. The average molecular weight is 299 g/mol. The summed E-state index contributed by atoms with van der Waals surface area (Å²) in [6.45, 7) is 7.70. The summed E-state index contributed by atoms with van der Waals surface area (Å²) in [5, 5.41) is 7.94. The van der Waals surface area contributed by atoms with E-state index < -0.39 is 0 Å². The average Bonchev–Trinajstić information content (AvgIpc) is 2.49. The lowest BCUT2D eigenvalue weighted by molar-refractivity contribution is -0.121. The Morgan fingerprint density at radius 3 is 2.45 bits per heavy atom. The van der Waals surface area contributed by atoms with E-state index >= 15 is 0 Å². The van der Waals surface area contributed by atoms with E-state index in [9.17, 15) is 4.79 Å². The molecule has 5 heteroatoms. The Morgan fingerprint density at radius 2 is 1.86 bits per heavy atom. The molecule has 0 fully saturated rings. The Hall–Kier alpha value is -2.43. The van der Waals surface area contributed by atoms with Crippen molar-refractivity contribution in [3.8, 4) is 5.88 Å². The van der Waals surface area contributed by atoms with Crippen molar-refractivity contribution in [1.82, 2.24) is 10.2 Å². The molecule has 2 rings (SSSR count). The number of rotatable bonds is 5. The maximum Gasteiger partial charge on any atom is 0.265 e. The predicted octanol–water partition coefficient (Wildman–Crippen LogP) is 2.91. The van der Waals surface area contributed by atoms with Gasteiger partial charge in [0.1, 0.15) is 0 Å². The highest BCUT2D eigenvalue weighted by Crippen LogP contribution is 2.17. The second-order valence-electron chi connectivity index (χ2n) is 5.43. The van der Waals surface area contributed by atoms with Crippen LogP contribution in [0.5, 0.6) is 5.88 Å². The first kappa shape index (κ1) is 15.9. The minimum Gasteiger partial charge on any atom is -0.466 e. The first-order valence-corrected chi connectivity index (χ1v) is 7.30. The largest absolute Gasteiger partial charge is 0.466 e. The monoisotopic (exact) mass is 299 g/mol. The van der Waals surface area contributed by atoms with E-state index in [1.54, 1.807) is 11.0 Å². The Kier molecular flexibility index (Phi) is 5.09. The van der Waals surface area contributed by atoms with Gasteiger partial charge in [0.05, 0.1) is 5.69 Å². The van der Waals surface area contributed by atoms with Gasteiger partial charge < -0.3 is 9.64 Å². The lowest BCUT2D eigenvalue weighted by Crippen LogP contribution is -2.40. The zero-order valence-corrected chi connectivity index (χ0v) is 13.4. The van der Waals surface area contributed by atoms with Gasteiger partial charge in [0.2, 0.25) is 5.88 Å². The number of para-hydroxylation sites is 1. The lowest BCUT2D eigenvalue weighted by atomic mass is 10.2. The maximum absolute atomic E-state index is 12.5. The van der Waals surface area contributed by atoms with Crippen LogP contribution in [0.2, 0.25) is 0 Å². The van der Waals surface area contributed by atoms with Gasteiger partial charge >= 0.3 is 0 Å². The molecular formula is C17H21N3O2. The number of anilines is 1. The molecule has 0 radical (unpaired) electrons. The van der Waals surface area contributed by atoms with Crippen molar-refractivity contribution in [2.75, 3.05) is 11.5 Å². The number of aryl methyl sites for hydroxylation is 2. The molecule has 0 unspecified atom stereocenters. The molecule has 0 saturated heterocycles. The summed E-state index contributed by atoms with van der Waals surface area (Å²) in [6.07, 6.45) is 0. The van der Waals surface area contributed by atoms with Crippen molar-refractivity contribution in [3.05, 3.63) is 47.7 Å². The number of nitrogens with zero attached hydrogens (tertiary/aromatic N) is 3. The molecule has 0 aliphatic heterocycles. The van der Waals surface area contributed by atoms with Gasteiger partial charge in [-0.3, -0.25) is 4.79 Å². The predicted molar refractivity (Wildman–Crippen MR) is 86.1 cm³/mol. The van der Waals surface area contributed by atoms with E-state index in [4.69, 9.17) is 4.74 Å². The second-order valence-corrected chi connectivity index (χ2v) is 5.43. The van der Waals surface area contributed by atoms with Gasteiger partial charge in [-0.1, -0.05) is 18.2 Å². The smallest absolute Gasteiger partial charge is 0.265 e. The summed E-state index contributed by atoms with van der Waals surface area (Å²) >= 11 is 0. The molecule has 5 nitrogen and oxygen atoms in total. The molecule has 0 aliphatic rings. The number of carbonyl (C=O) groups excluding carboxylic acids is 1. The van der Waals surface area contributed by atoms with Gasteiger partial charge in [-0.2, -0.15) is 5.10 Å². The van der Waals surface area contributed by atoms with Crippen LogP contribution in [0.4, 0.5) is 5.69 Å². The Morgan fingerprint density at radius 1 is 1.18 bits per heavy atom. The molecule has 0 atom stereocenters. The Bertz CT molecular complexity index is 642. The maximum atomic E-state index is 12.5. The van der Waals surface area contributed by atoms with Crippen molar-refractivity contribution >= 4 is 11.6 Å². The van der Waals surface area contributed by atoms with Crippen LogP contribution in [0.3, 0.4) is 0 Å². The van der Waals surface area contributed by atoms with Crippen molar-refractivity contribution in [1.29, 1.82) is 0 Å². The normalized spacial score (nSPS) is 10.6. The Labute approximate surface area is 130 Å². The number of amides is 1. The van der Waals surface area contributed by atoms with E-state index in [1.165, 1.54) is 0 Å². The van der Waals surface area contributed by atoms with Crippen LogP contribution in [0.15, 0.2) is 36.4 Å². The van der Waals surface area contributed by atoms with E-state index in [-0.39, 0.29) is 18.6 Å². The molecule has 1 amide bonds. The molecule has 0 bridgehead atoms. The molecular weight excluding hydrogens is 278 g/mol. The van der Waals surface area contributed by atoms with Crippen molar-refractivity contribution in [2.24, 2.45) is 0 Å². The van der Waals surface area contributed by atoms with E-state index in [2.05, 4.69) is 10.2 Å². The van der Waals surface area contributed by atoms with Crippen LogP contribution in [0.1, 0.15) is 25.1 Å². The zero-order valence-electron chi connectivity index (χ0n) is 13.4. The molecule has 1 heterocycles. The first-order chi connectivity index (χ1) is 10.5. The number of benzene rings is 1. The van der Waals surface area contributed by atoms with Gasteiger partial charge in [0, 0.05) is 17.8 Å². The topological polar surface area (TPSA) is 55.3 Å². The van der Waals surface area contributed by atoms with Gasteiger partial charge in [-0.15, -0.1) is 5.10 Å². The minimum atomic E-state index is -0.110.